The van der Waals surface area contributed by atoms with Crippen molar-refractivity contribution in [1.82, 2.24) is 4.57 Å². The van der Waals surface area contributed by atoms with Gasteiger partial charge in [0.1, 0.15) is 6.04 Å². The zero-order chi connectivity index (χ0) is 11.1. The second-order valence-corrected chi connectivity index (χ2v) is 5.00. The summed E-state index contributed by atoms with van der Waals surface area (Å²) in [6.45, 7) is 0. The Bertz CT molecular complexity index is 548. The summed E-state index contributed by atoms with van der Waals surface area (Å²) >= 11 is 2.26. The standard InChI is InChI=1S/C12H9IN2O/c13-8-3-4-10-9(7-8)11(12(16)14-10)15-5-1-2-6-15/h1-7,11H,(H,14,16). The number of carbonyl (C=O) groups is 1. The molecule has 1 atom stereocenters. The van der Waals surface area contributed by atoms with E-state index in [1.54, 1.807) is 0 Å². The van der Waals surface area contributed by atoms with Gasteiger partial charge < -0.3 is 9.88 Å². The largest absolute Gasteiger partial charge is 0.338 e. The predicted molar refractivity (Wildman–Crippen MR) is 70.4 cm³/mol. The van der Waals surface area contributed by atoms with Crippen molar-refractivity contribution < 1.29 is 4.79 Å². The van der Waals surface area contributed by atoms with Gasteiger partial charge in [-0.2, -0.15) is 0 Å². The molecular weight excluding hydrogens is 315 g/mol. The van der Waals surface area contributed by atoms with Crippen LogP contribution in [0, 0.1) is 3.57 Å². The molecule has 0 bridgehead atoms. The molecule has 0 radical (unpaired) electrons. The summed E-state index contributed by atoms with van der Waals surface area (Å²) in [7, 11) is 0. The third kappa shape index (κ3) is 1.44. The van der Waals surface area contributed by atoms with Crippen LogP contribution in [0.5, 0.6) is 0 Å². The van der Waals surface area contributed by atoms with Crippen molar-refractivity contribution in [2.75, 3.05) is 5.32 Å². The van der Waals surface area contributed by atoms with E-state index in [4.69, 9.17) is 0 Å². The van der Waals surface area contributed by atoms with E-state index in [2.05, 4.69) is 34.0 Å². The molecule has 0 fully saturated rings. The molecule has 0 saturated carbocycles. The fraction of sp³-hybridized carbons (Fsp3) is 0.0833. The molecule has 1 unspecified atom stereocenters. The first-order valence-corrected chi connectivity index (χ1v) is 6.06. The van der Waals surface area contributed by atoms with Gasteiger partial charge in [-0.1, -0.05) is 0 Å². The summed E-state index contributed by atoms with van der Waals surface area (Å²) in [5, 5.41) is 2.90. The second kappa shape index (κ2) is 3.62. The monoisotopic (exact) mass is 324 g/mol. The maximum absolute atomic E-state index is 11.9. The number of aromatic nitrogens is 1. The van der Waals surface area contributed by atoms with Gasteiger partial charge >= 0.3 is 0 Å². The van der Waals surface area contributed by atoms with E-state index in [1.165, 1.54) is 0 Å². The highest BCUT2D eigenvalue weighted by Gasteiger charge is 2.31. The highest BCUT2D eigenvalue weighted by atomic mass is 127. The number of nitrogens with one attached hydrogen (secondary N) is 1. The Hall–Kier alpha value is -1.30. The van der Waals surface area contributed by atoms with Crippen LogP contribution in [0.1, 0.15) is 11.6 Å². The van der Waals surface area contributed by atoms with E-state index in [0.717, 1.165) is 14.8 Å². The van der Waals surface area contributed by atoms with E-state index in [-0.39, 0.29) is 11.9 Å². The minimum absolute atomic E-state index is 0.0354. The van der Waals surface area contributed by atoms with Crippen LogP contribution in [-0.4, -0.2) is 10.5 Å². The number of fused-ring (bicyclic) bond motifs is 1. The van der Waals surface area contributed by atoms with Crippen LogP contribution in [-0.2, 0) is 4.79 Å². The fourth-order valence-corrected chi connectivity index (χ4v) is 2.55. The summed E-state index contributed by atoms with van der Waals surface area (Å²) in [5.41, 5.74) is 1.97. The molecule has 3 nitrogen and oxygen atoms in total. The first kappa shape index (κ1) is 9.89. The second-order valence-electron chi connectivity index (χ2n) is 3.75. The number of halogens is 1. The molecule has 1 N–H and O–H groups in total. The van der Waals surface area contributed by atoms with E-state index in [1.807, 2.05) is 41.2 Å². The van der Waals surface area contributed by atoms with Gasteiger partial charge in [0.15, 0.2) is 0 Å². The molecular formula is C12H9IN2O. The molecule has 1 amide bonds. The lowest BCUT2D eigenvalue weighted by molar-refractivity contribution is -0.117. The zero-order valence-electron chi connectivity index (χ0n) is 8.35. The molecule has 2 aromatic rings. The van der Waals surface area contributed by atoms with Crippen LogP contribution in [0.4, 0.5) is 5.69 Å². The van der Waals surface area contributed by atoms with Crippen LogP contribution >= 0.6 is 22.6 Å². The molecule has 1 aromatic carbocycles. The number of hydrogen-bond acceptors (Lipinski definition) is 1. The van der Waals surface area contributed by atoms with Gasteiger partial charge in [0.25, 0.3) is 5.91 Å². The topological polar surface area (TPSA) is 34.0 Å². The van der Waals surface area contributed by atoms with Gasteiger partial charge in [-0.25, -0.2) is 0 Å². The predicted octanol–water partition coefficient (Wildman–Crippen LogP) is 2.63. The summed E-state index contributed by atoms with van der Waals surface area (Å²) in [4.78, 5) is 11.9. The van der Waals surface area contributed by atoms with Crippen molar-refractivity contribution in [2.45, 2.75) is 6.04 Å². The average molecular weight is 324 g/mol. The van der Waals surface area contributed by atoms with E-state index in [0.29, 0.717) is 0 Å². The van der Waals surface area contributed by atoms with Gasteiger partial charge in [-0.15, -0.1) is 0 Å². The molecule has 3 rings (SSSR count). The summed E-state index contributed by atoms with van der Waals surface area (Å²) in [6.07, 6.45) is 3.83. The lowest BCUT2D eigenvalue weighted by Gasteiger charge is -2.10. The Kier molecular flexibility index (Phi) is 2.24. The molecule has 2 heterocycles. The lowest BCUT2D eigenvalue weighted by Crippen LogP contribution is -2.18. The number of carbonyl (C=O) groups excluding carboxylic acids is 1. The molecule has 16 heavy (non-hydrogen) atoms. The smallest absolute Gasteiger partial charge is 0.252 e. The molecule has 1 aliphatic heterocycles. The van der Waals surface area contributed by atoms with Gasteiger partial charge in [0, 0.05) is 27.2 Å². The third-order valence-corrected chi connectivity index (χ3v) is 3.41. The molecule has 1 aromatic heterocycles. The Balaban J connectivity index is 2.15. The molecule has 0 aliphatic carbocycles. The highest BCUT2D eigenvalue weighted by Crippen LogP contribution is 2.34. The average Bonchev–Trinajstić information content (AvgIpc) is 2.83. The maximum atomic E-state index is 11.9. The Labute approximate surface area is 107 Å². The number of hydrogen-bond donors (Lipinski definition) is 1. The van der Waals surface area contributed by atoms with Crippen molar-refractivity contribution in [2.24, 2.45) is 0 Å². The Morgan fingerprint density at radius 1 is 1.25 bits per heavy atom. The summed E-state index contributed by atoms with van der Waals surface area (Å²) < 4.78 is 3.07. The van der Waals surface area contributed by atoms with E-state index < -0.39 is 0 Å². The Morgan fingerprint density at radius 2 is 2.00 bits per heavy atom. The fourth-order valence-electron chi connectivity index (χ4n) is 2.03. The van der Waals surface area contributed by atoms with Crippen molar-refractivity contribution in [3.8, 4) is 0 Å². The zero-order valence-corrected chi connectivity index (χ0v) is 10.5. The van der Waals surface area contributed by atoms with Gasteiger partial charge in [0.05, 0.1) is 0 Å². The number of rotatable bonds is 1. The molecule has 80 valence electrons. The van der Waals surface area contributed by atoms with Crippen LogP contribution in [0.25, 0.3) is 0 Å². The molecule has 0 saturated heterocycles. The normalized spacial score (nSPS) is 18.3. The van der Waals surface area contributed by atoms with E-state index >= 15 is 0 Å². The SMILES string of the molecule is O=C1Nc2ccc(I)cc2C1n1cccc1. The highest BCUT2D eigenvalue weighted by molar-refractivity contribution is 14.1. The van der Waals surface area contributed by atoms with Crippen molar-refractivity contribution in [3.63, 3.8) is 0 Å². The van der Waals surface area contributed by atoms with Gasteiger partial charge in [-0.05, 0) is 52.9 Å². The van der Waals surface area contributed by atoms with Crippen LogP contribution in [0.2, 0.25) is 0 Å². The van der Waals surface area contributed by atoms with Crippen molar-refractivity contribution >= 4 is 34.2 Å². The van der Waals surface area contributed by atoms with Gasteiger partial charge in [0.2, 0.25) is 0 Å². The minimum Gasteiger partial charge on any atom is -0.338 e. The summed E-state index contributed by atoms with van der Waals surface area (Å²) in [5.74, 6) is 0.0354. The number of anilines is 1. The first-order valence-electron chi connectivity index (χ1n) is 4.98. The molecule has 0 spiro atoms. The van der Waals surface area contributed by atoms with Crippen molar-refractivity contribution in [1.29, 1.82) is 0 Å². The van der Waals surface area contributed by atoms with Crippen molar-refractivity contribution in [3.05, 3.63) is 51.9 Å². The van der Waals surface area contributed by atoms with Crippen LogP contribution in [0.3, 0.4) is 0 Å². The number of benzene rings is 1. The number of nitrogens with zero attached hydrogens (tertiary/aromatic N) is 1. The van der Waals surface area contributed by atoms with E-state index in [9.17, 15) is 4.79 Å². The lowest BCUT2D eigenvalue weighted by atomic mass is 10.1. The van der Waals surface area contributed by atoms with Crippen LogP contribution < -0.4 is 5.32 Å². The first-order chi connectivity index (χ1) is 7.75. The number of amides is 1. The quantitative estimate of drug-likeness (QED) is 0.804. The molecule has 1 aliphatic rings. The molecule has 4 heteroatoms. The Morgan fingerprint density at radius 3 is 2.75 bits per heavy atom. The van der Waals surface area contributed by atoms with Crippen LogP contribution in [0.15, 0.2) is 42.7 Å². The minimum atomic E-state index is -0.222. The van der Waals surface area contributed by atoms with Gasteiger partial charge in [-0.3, -0.25) is 4.79 Å². The summed E-state index contributed by atoms with van der Waals surface area (Å²) in [6, 6.07) is 9.65. The third-order valence-electron chi connectivity index (χ3n) is 2.74. The maximum Gasteiger partial charge on any atom is 0.252 e.